The largest absolute Gasteiger partial charge is 0.493 e. The van der Waals surface area contributed by atoms with E-state index in [1.54, 1.807) is 12.1 Å². The average Bonchev–Trinajstić information content (AvgIpc) is 2.35. The van der Waals surface area contributed by atoms with E-state index in [1.807, 2.05) is 0 Å². The van der Waals surface area contributed by atoms with Crippen molar-refractivity contribution in [2.75, 3.05) is 13.2 Å². The van der Waals surface area contributed by atoms with Crippen LogP contribution >= 0.6 is 15.9 Å². The Morgan fingerprint density at radius 3 is 3.00 bits per heavy atom. The predicted octanol–water partition coefficient (Wildman–Crippen LogP) is 3.50. The molecule has 1 N–H and O–H groups in total. The van der Waals surface area contributed by atoms with Gasteiger partial charge in [0.15, 0.2) is 0 Å². The van der Waals surface area contributed by atoms with Crippen molar-refractivity contribution >= 4 is 15.9 Å². The molecule has 1 aliphatic rings. The fourth-order valence-corrected chi connectivity index (χ4v) is 2.30. The van der Waals surface area contributed by atoms with Crippen LogP contribution in [0.1, 0.15) is 25.7 Å². The highest BCUT2D eigenvalue weighted by atomic mass is 79.9. The van der Waals surface area contributed by atoms with Crippen LogP contribution in [-0.2, 0) is 0 Å². The molecule has 0 amide bonds. The third-order valence-corrected chi connectivity index (χ3v) is 3.68. The van der Waals surface area contributed by atoms with Gasteiger partial charge in [0.05, 0.1) is 11.1 Å². The summed E-state index contributed by atoms with van der Waals surface area (Å²) in [6.07, 6.45) is 4.77. The Labute approximate surface area is 110 Å². The molecule has 2 nitrogen and oxygen atoms in total. The van der Waals surface area contributed by atoms with Crippen molar-refractivity contribution in [1.29, 1.82) is 0 Å². The van der Waals surface area contributed by atoms with Crippen molar-refractivity contribution in [3.8, 4) is 5.75 Å². The lowest BCUT2D eigenvalue weighted by molar-refractivity contribution is 0.267. The Bertz CT molecular complexity index is 366. The quantitative estimate of drug-likeness (QED) is 0.919. The molecule has 1 atom stereocenters. The van der Waals surface area contributed by atoms with Gasteiger partial charge in [-0.3, -0.25) is 0 Å². The lowest BCUT2D eigenvalue weighted by Crippen LogP contribution is -2.35. The number of benzene rings is 1. The third-order valence-electron chi connectivity index (χ3n) is 3.04. The monoisotopic (exact) mass is 301 g/mol. The number of hydrogen-bond donors (Lipinski definition) is 1. The minimum absolute atomic E-state index is 0.279. The maximum atomic E-state index is 13.2. The number of halogens is 2. The summed E-state index contributed by atoms with van der Waals surface area (Å²) in [7, 11) is 0. The number of rotatable bonds is 4. The van der Waals surface area contributed by atoms with Gasteiger partial charge in [0.25, 0.3) is 0 Å². The Morgan fingerprint density at radius 1 is 1.41 bits per heavy atom. The van der Waals surface area contributed by atoms with Crippen LogP contribution in [-0.4, -0.2) is 19.2 Å². The fourth-order valence-electron chi connectivity index (χ4n) is 2.06. The molecule has 0 bridgehead atoms. The Kier molecular flexibility index (Phi) is 4.80. The molecule has 0 spiro atoms. The highest BCUT2D eigenvalue weighted by Crippen LogP contribution is 2.21. The van der Waals surface area contributed by atoms with Gasteiger partial charge in [0, 0.05) is 12.1 Å². The molecule has 1 aliphatic heterocycles. The number of piperidine rings is 1. The average molecular weight is 302 g/mol. The van der Waals surface area contributed by atoms with Crippen LogP contribution in [0.25, 0.3) is 0 Å². The Balaban J connectivity index is 1.75. The van der Waals surface area contributed by atoms with E-state index in [0.29, 0.717) is 22.9 Å². The molecule has 1 saturated heterocycles. The van der Waals surface area contributed by atoms with Gasteiger partial charge in [-0.2, -0.15) is 0 Å². The molecule has 1 fully saturated rings. The Hall–Kier alpha value is -0.610. The first-order chi connectivity index (χ1) is 8.25. The predicted molar refractivity (Wildman–Crippen MR) is 69.9 cm³/mol. The standard InChI is InChI=1S/C13H17BrFNO/c14-12-5-4-11(9-13(12)15)17-8-6-10-3-1-2-7-16-10/h4-5,9-10,16H,1-3,6-8H2. The molecule has 0 aliphatic carbocycles. The van der Waals surface area contributed by atoms with E-state index in [-0.39, 0.29) is 5.82 Å². The molecule has 1 unspecified atom stereocenters. The zero-order chi connectivity index (χ0) is 12.1. The highest BCUT2D eigenvalue weighted by Gasteiger charge is 2.12. The van der Waals surface area contributed by atoms with Gasteiger partial charge in [-0.15, -0.1) is 0 Å². The summed E-state index contributed by atoms with van der Waals surface area (Å²) in [5.74, 6) is 0.319. The van der Waals surface area contributed by atoms with Gasteiger partial charge >= 0.3 is 0 Å². The summed E-state index contributed by atoms with van der Waals surface area (Å²) in [6, 6.07) is 5.42. The molecule has 2 rings (SSSR count). The van der Waals surface area contributed by atoms with Gasteiger partial charge in [0.1, 0.15) is 11.6 Å². The smallest absolute Gasteiger partial charge is 0.141 e. The van der Waals surface area contributed by atoms with Gasteiger partial charge in [-0.1, -0.05) is 6.42 Å². The van der Waals surface area contributed by atoms with E-state index >= 15 is 0 Å². The van der Waals surface area contributed by atoms with E-state index in [2.05, 4.69) is 21.2 Å². The van der Waals surface area contributed by atoms with Crippen molar-refractivity contribution < 1.29 is 9.13 Å². The fraction of sp³-hybridized carbons (Fsp3) is 0.538. The van der Waals surface area contributed by atoms with Crippen molar-refractivity contribution in [3.63, 3.8) is 0 Å². The zero-order valence-corrected chi connectivity index (χ0v) is 11.3. The van der Waals surface area contributed by atoms with E-state index in [9.17, 15) is 4.39 Å². The minimum Gasteiger partial charge on any atom is -0.493 e. The van der Waals surface area contributed by atoms with Gasteiger partial charge in [-0.25, -0.2) is 4.39 Å². The first-order valence-corrected chi connectivity index (χ1v) is 6.86. The summed E-state index contributed by atoms with van der Waals surface area (Å²) in [5, 5.41) is 3.46. The summed E-state index contributed by atoms with van der Waals surface area (Å²) < 4.78 is 19.2. The molecular formula is C13H17BrFNO. The van der Waals surface area contributed by atoms with E-state index < -0.39 is 0 Å². The number of hydrogen-bond acceptors (Lipinski definition) is 2. The van der Waals surface area contributed by atoms with Gasteiger partial charge < -0.3 is 10.1 Å². The van der Waals surface area contributed by atoms with E-state index in [4.69, 9.17) is 4.74 Å². The summed E-state index contributed by atoms with van der Waals surface area (Å²) in [4.78, 5) is 0. The van der Waals surface area contributed by atoms with Gasteiger partial charge in [-0.05, 0) is 53.9 Å². The summed E-state index contributed by atoms with van der Waals surface area (Å²) in [6.45, 7) is 1.75. The molecule has 0 aromatic heterocycles. The molecular weight excluding hydrogens is 285 g/mol. The second-order valence-electron chi connectivity index (χ2n) is 4.36. The molecule has 94 valence electrons. The SMILES string of the molecule is Fc1cc(OCCC2CCCCN2)ccc1Br. The molecule has 0 radical (unpaired) electrons. The van der Waals surface area contributed by atoms with E-state index in [1.165, 1.54) is 25.3 Å². The van der Waals surface area contributed by atoms with Crippen molar-refractivity contribution in [1.82, 2.24) is 5.32 Å². The van der Waals surface area contributed by atoms with Crippen molar-refractivity contribution in [2.45, 2.75) is 31.7 Å². The maximum Gasteiger partial charge on any atom is 0.141 e. The van der Waals surface area contributed by atoms with Crippen molar-refractivity contribution in [3.05, 3.63) is 28.5 Å². The normalized spacial score (nSPS) is 20.2. The first-order valence-electron chi connectivity index (χ1n) is 6.07. The molecule has 0 saturated carbocycles. The highest BCUT2D eigenvalue weighted by molar-refractivity contribution is 9.10. The molecule has 17 heavy (non-hydrogen) atoms. The summed E-state index contributed by atoms with van der Waals surface area (Å²) >= 11 is 3.12. The number of ether oxygens (including phenoxy) is 1. The summed E-state index contributed by atoms with van der Waals surface area (Å²) in [5.41, 5.74) is 0. The zero-order valence-electron chi connectivity index (χ0n) is 9.72. The number of nitrogens with one attached hydrogen (secondary N) is 1. The minimum atomic E-state index is -0.279. The van der Waals surface area contributed by atoms with Crippen LogP contribution in [0, 0.1) is 5.82 Å². The second-order valence-corrected chi connectivity index (χ2v) is 5.21. The van der Waals surface area contributed by atoms with Crippen molar-refractivity contribution in [2.24, 2.45) is 0 Å². The van der Waals surface area contributed by atoms with Crippen LogP contribution < -0.4 is 10.1 Å². The lowest BCUT2D eigenvalue weighted by atomic mass is 10.0. The second kappa shape index (κ2) is 6.36. The van der Waals surface area contributed by atoms with Gasteiger partial charge in [0.2, 0.25) is 0 Å². The maximum absolute atomic E-state index is 13.2. The van der Waals surface area contributed by atoms with E-state index in [0.717, 1.165) is 13.0 Å². The lowest BCUT2D eigenvalue weighted by Gasteiger charge is -2.23. The molecule has 1 heterocycles. The van der Waals surface area contributed by atoms with Crippen LogP contribution in [0.2, 0.25) is 0 Å². The molecule has 1 aromatic carbocycles. The Morgan fingerprint density at radius 2 is 2.29 bits per heavy atom. The van der Waals surface area contributed by atoms with Crippen LogP contribution in [0.4, 0.5) is 4.39 Å². The van der Waals surface area contributed by atoms with Crippen LogP contribution in [0.3, 0.4) is 0 Å². The molecule has 4 heteroatoms. The van der Waals surface area contributed by atoms with Crippen LogP contribution in [0.15, 0.2) is 22.7 Å². The van der Waals surface area contributed by atoms with Crippen LogP contribution in [0.5, 0.6) is 5.75 Å². The first kappa shape index (κ1) is 12.8. The molecule has 1 aromatic rings. The third kappa shape index (κ3) is 3.96. The topological polar surface area (TPSA) is 21.3 Å².